The molecule has 6 heteroatoms. The van der Waals surface area contributed by atoms with E-state index in [0.717, 1.165) is 69.6 Å². The Morgan fingerprint density at radius 1 is 0.351 bits per heavy atom. The van der Waals surface area contributed by atoms with E-state index in [4.69, 9.17) is 14.2 Å². The predicted octanol–water partition coefficient (Wildman–Crippen LogP) is 16.1. The maximum Gasteiger partial charge on any atom is 0.306 e. The molecule has 338 valence electrons. The SMILES string of the molecule is CCCCCCCCCC(=O)OC[C@H](COC(=O)CCCCCCCCCCCCCCCCCCCCC(C)CC)OC(=O)CCCCCCCCC(C)CC. The zero-order valence-corrected chi connectivity index (χ0v) is 39.0. The van der Waals surface area contributed by atoms with Crippen LogP contribution in [0.5, 0.6) is 0 Å². The minimum Gasteiger partial charge on any atom is -0.462 e. The van der Waals surface area contributed by atoms with Crippen molar-refractivity contribution in [3.8, 4) is 0 Å². The maximum atomic E-state index is 12.7. The predicted molar refractivity (Wildman–Crippen MR) is 243 cm³/mol. The molecule has 0 aromatic heterocycles. The first kappa shape index (κ1) is 55.4. The Morgan fingerprint density at radius 2 is 0.614 bits per heavy atom. The van der Waals surface area contributed by atoms with Gasteiger partial charge in [-0.1, -0.05) is 240 Å². The third kappa shape index (κ3) is 42.3. The molecule has 0 aliphatic carbocycles. The standard InChI is InChI=1S/C51H98O6/c1-6-9-10-11-24-31-36-41-49(52)55-44-48(57-51(54)43-38-33-28-27-30-35-40-47(5)8-3)45-56-50(53)42-37-32-26-23-21-19-17-15-13-12-14-16-18-20-22-25-29-34-39-46(4)7-2/h46-48H,6-45H2,1-5H3/t46?,47?,48-/m1/s1. The van der Waals surface area contributed by atoms with Gasteiger partial charge in [0.15, 0.2) is 6.10 Å². The Hall–Kier alpha value is -1.59. The fraction of sp³-hybridized carbons (Fsp3) is 0.941. The van der Waals surface area contributed by atoms with Gasteiger partial charge in [0.2, 0.25) is 0 Å². The van der Waals surface area contributed by atoms with Crippen molar-refractivity contribution in [2.75, 3.05) is 13.2 Å². The smallest absolute Gasteiger partial charge is 0.306 e. The topological polar surface area (TPSA) is 78.9 Å². The fourth-order valence-corrected chi connectivity index (χ4v) is 7.57. The average Bonchev–Trinajstić information content (AvgIpc) is 3.21. The summed E-state index contributed by atoms with van der Waals surface area (Å²) in [5.41, 5.74) is 0. The van der Waals surface area contributed by atoms with Crippen molar-refractivity contribution in [1.82, 2.24) is 0 Å². The first-order chi connectivity index (χ1) is 27.8. The lowest BCUT2D eigenvalue weighted by Gasteiger charge is -2.18. The zero-order valence-electron chi connectivity index (χ0n) is 39.0. The van der Waals surface area contributed by atoms with Crippen molar-refractivity contribution in [3.05, 3.63) is 0 Å². The van der Waals surface area contributed by atoms with Crippen LogP contribution < -0.4 is 0 Å². The summed E-state index contributed by atoms with van der Waals surface area (Å²) >= 11 is 0. The van der Waals surface area contributed by atoms with E-state index >= 15 is 0 Å². The van der Waals surface area contributed by atoms with Crippen LogP contribution in [0.1, 0.15) is 279 Å². The van der Waals surface area contributed by atoms with Crippen molar-refractivity contribution in [2.24, 2.45) is 11.8 Å². The monoisotopic (exact) mass is 807 g/mol. The molecule has 0 saturated carbocycles. The van der Waals surface area contributed by atoms with Gasteiger partial charge in [0, 0.05) is 19.3 Å². The number of hydrogen-bond acceptors (Lipinski definition) is 6. The minimum absolute atomic E-state index is 0.0653. The molecule has 0 aliphatic rings. The van der Waals surface area contributed by atoms with Gasteiger partial charge in [-0.3, -0.25) is 14.4 Å². The van der Waals surface area contributed by atoms with Crippen molar-refractivity contribution >= 4 is 17.9 Å². The number of carbonyl (C=O) groups excluding carboxylic acids is 3. The lowest BCUT2D eigenvalue weighted by atomic mass is 9.99. The second-order valence-electron chi connectivity index (χ2n) is 17.9. The summed E-state index contributed by atoms with van der Waals surface area (Å²) in [4.78, 5) is 37.7. The Kier molecular flexibility index (Phi) is 42.7. The summed E-state index contributed by atoms with van der Waals surface area (Å²) in [6.07, 6.45) is 43.9. The lowest BCUT2D eigenvalue weighted by Crippen LogP contribution is -2.30. The van der Waals surface area contributed by atoms with Crippen molar-refractivity contribution in [2.45, 2.75) is 285 Å². The van der Waals surface area contributed by atoms with Crippen molar-refractivity contribution < 1.29 is 28.6 Å². The van der Waals surface area contributed by atoms with Gasteiger partial charge in [-0.15, -0.1) is 0 Å². The molecule has 0 rings (SSSR count). The van der Waals surface area contributed by atoms with Crippen LogP contribution in [0.4, 0.5) is 0 Å². The summed E-state index contributed by atoms with van der Waals surface area (Å²) in [6, 6.07) is 0. The maximum absolute atomic E-state index is 12.7. The molecule has 0 heterocycles. The van der Waals surface area contributed by atoms with E-state index in [1.165, 1.54) is 167 Å². The highest BCUT2D eigenvalue weighted by molar-refractivity contribution is 5.71. The van der Waals surface area contributed by atoms with E-state index in [0.29, 0.717) is 19.3 Å². The Labute approximate surface area is 355 Å². The summed E-state index contributed by atoms with van der Waals surface area (Å²) in [6.45, 7) is 11.3. The molecule has 0 bridgehead atoms. The number of ether oxygens (including phenoxy) is 3. The molecule has 0 aromatic carbocycles. The highest BCUT2D eigenvalue weighted by atomic mass is 16.6. The van der Waals surface area contributed by atoms with E-state index < -0.39 is 6.10 Å². The number of hydrogen-bond donors (Lipinski definition) is 0. The molecule has 0 amide bonds. The summed E-state index contributed by atoms with van der Waals surface area (Å²) in [7, 11) is 0. The van der Waals surface area contributed by atoms with Gasteiger partial charge in [-0.2, -0.15) is 0 Å². The van der Waals surface area contributed by atoms with E-state index in [9.17, 15) is 14.4 Å². The minimum atomic E-state index is -0.760. The van der Waals surface area contributed by atoms with Gasteiger partial charge in [-0.25, -0.2) is 0 Å². The Balaban J connectivity index is 4.09. The third-order valence-electron chi connectivity index (χ3n) is 12.2. The third-order valence-corrected chi connectivity index (χ3v) is 12.2. The van der Waals surface area contributed by atoms with Crippen LogP contribution in [0.25, 0.3) is 0 Å². The summed E-state index contributed by atoms with van der Waals surface area (Å²) in [5, 5.41) is 0. The van der Waals surface area contributed by atoms with Crippen LogP contribution in [0, 0.1) is 11.8 Å². The molecule has 0 aromatic rings. The molecule has 0 spiro atoms. The van der Waals surface area contributed by atoms with Gasteiger partial charge < -0.3 is 14.2 Å². The lowest BCUT2D eigenvalue weighted by molar-refractivity contribution is -0.167. The molecule has 0 radical (unpaired) electrons. The molecule has 6 nitrogen and oxygen atoms in total. The summed E-state index contributed by atoms with van der Waals surface area (Å²) in [5.74, 6) is 0.858. The van der Waals surface area contributed by atoms with Crippen molar-refractivity contribution in [3.63, 3.8) is 0 Å². The van der Waals surface area contributed by atoms with Crippen LogP contribution >= 0.6 is 0 Å². The quantitative estimate of drug-likeness (QED) is 0.0346. The highest BCUT2D eigenvalue weighted by Crippen LogP contribution is 2.18. The average molecular weight is 807 g/mol. The van der Waals surface area contributed by atoms with Crippen LogP contribution in [-0.2, 0) is 28.6 Å². The van der Waals surface area contributed by atoms with E-state index in [2.05, 4.69) is 34.6 Å². The molecular formula is C51H98O6. The van der Waals surface area contributed by atoms with Gasteiger partial charge >= 0.3 is 17.9 Å². The number of rotatable bonds is 45. The fourth-order valence-electron chi connectivity index (χ4n) is 7.57. The van der Waals surface area contributed by atoms with Crippen LogP contribution in [0.3, 0.4) is 0 Å². The van der Waals surface area contributed by atoms with Gasteiger partial charge in [0.1, 0.15) is 13.2 Å². The molecular weight excluding hydrogens is 709 g/mol. The molecule has 3 atom stereocenters. The zero-order chi connectivity index (χ0) is 41.9. The molecule has 0 aliphatic heterocycles. The largest absolute Gasteiger partial charge is 0.462 e. The van der Waals surface area contributed by atoms with Crippen LogP contribution in [-0.4, -0.2) is 37.2 Å². The molecule has 0 N–H and O–H groups in total. The molecule has 0 saturated heterocycles. The van der Waals surface area contributed by atoms with E-state index in [-0.39, 0.29) is 31.1 Å². The summed E-state index contributed by atoms with van der Waals surface area (Å²) < 4.78 is 16.7. The number of esters is 3. The molecule has 0 fully saturated rings. The Morgan fingerprint density at radius 3 is 0.912 bits per heavy atom. The first-order valence-corrected chi connectivity index (χ1v) is 25.3. The van der Waals surface area contributed by atoms with Crippen molar-refractivity contribution in [1.29, 1.82) is 0 Å². The van der Waals surface area contributed by atoms with Gasteiger partial charge in [-0.05, 0) is 31.1 Å². The van der Waals surface area contributed by atoms with Crippen LogP contribution in [0.15, 0.2) is 0 Å². The number of unbranched alkanes of at least 4 members (excludes halogenated alkanes) is 28. The van der Waals surface area contributed by atoms with E-state index in [1.807, 2.05) is 0 Å². The second-order valence-corrected chi connectivity index (χ2v) is 17.9. The van der Waals surface area contributed by atoms with Gasteiger partial charge in [0.25, 0.3) is 0 Å². The van der Waals surface area contributed by atoms with Gasteiger partial charge in [0.05, 0.1) is 0 Å². The Bertz CT molecular complexity index is 874. The first-order valence-electron chi connectivity index (χ1n) is 25.3. The normalized spacial score (nSPS) is 13.0. The molecule has 2 unspecified atom stereocenters. The molecule has 57 heavy (non-hydrogen) atoms. The highest BCUT2D eigenvalue weighted by Gasteiger charge is 2.19. The number of carbonyl (C=O) groups is 3. The van der Waals surface area contributed by atoms with E-state index in [1.54, 1.807) is 0 Å². The second kappa shape index (κ2) is 44.0. The van der Waals surface area contributed by atoms with Crippen LogP contribution in [0.2, 0.25) is 0 Å².